The second-order valence-electron chi connectivity index (χ2n) is 11.6. The lowest BCUT2D eigenvalue weighted by Gasteiger charge is -2.09. The third-order valence-corrected chi connectivity index (χ3v) is 7.34. The first-order chi connectivity index (χ1) is 23.3. The van der Waals surface area contributed by atoms with Crippen LogP contribution in [-0.2, 0) is 47.4 Å². The monoisotopic (exact) mass is 681 g/mol. The lowest BCUT2D eigenvalue weighted by atomic mass is 10.0. The van der Waals surface area contributed by atoms with Crippen molar-refractivity contribution in [2.45, 2.75) is 110 Å². The van der Waals surface area contributed by atoms with E-state index in [1.54, 1.807) is 0 Å². The van der Waals surface area contributed by atoms with Crippen LogP contribution in [0.1, 0.15) is 110 Å². The molecule has 0 aromatic heterocycles. The van der Waals surface area contributed by atoms with Gasteiger partial charge in [-0.1, -0.05) is 103 Å². The first kappa shape index (κ1) is 46.1. The third kappa shape index (κ3) is 45.1. The predicted molar refractivity (Wildman–Crippen MR) is 185 cm³/mol. The van der Waals surface area contributed by atoms with Gasteiger partial charge in [-0.25, -0.2) is 4.79 Å². The quantitative estimate of drug-likeness (QED) is 0.0713. The Labute approximate surface area is 286 Å². The fourth-order valence-electron chi connectivity index (χ4n) is 4.67. The molecule has 0 unspecified atom stereocenters. The summed E-state index contributed by atoms with van der Waals surface area (Å²) in [7, 11) is 0. The number of hydrogen-bond acceptors (Lipinski definition) is 10. The molecule has 0 fully saturated rings. The van der Waals surface area contributed by atoms with Gasteiger partial charge in [0, 0.05) is 6.61 Å². The SMILES string of the molecule is CCCCCCCCCCCCCCCCCCOCCOCCOCCOCCOCCOCCOCCOCCOCC(=O)O. The largest absolute Gasteiger partial charge is 0.480 e. The average molecular weight is 681 g/mol. The molecule has 0 heterocycles. The average Bonchev–Trinajstić information content (AvgIpc) is 3.07. The molecule has 0 rings (SSSR count). The van der Waals surface area contributed by atoms with Gasteiger partial charge in [-0.15, -0.1) is 0 Å². The minimum Gasteiger partial charge on any atom is -0.480 e. The van der Waals surface area contributed by atoms with E-state index in [2.05, 4.69) is 6.92 Å². The molecule has 0 aromatic rings. The summed E-state index contributed by atoms with van der Waals surface area (Å²) >= 11 is 0. The summed E-state index contributed by atoms with van der Waals surface area (Å²) in [5, 5.41) is 8.43. The van der Waals surface area contributed by atoms with E-state index in [4.69, 9.17) is 47.7 Å². The van der Waals surface area contributed by atoms with E-state index in [9.17, 15) is 4.79 Å². The van der Waals surface area contributed by atoms with Gasteiger partial charge in [0.2, 0.25) is 0 Å². The van der Waals surface area contributed by atoms with Crippen molar-refractivity contribution in [2.75, 3.05) is 119 Å². The number of ether oxygens (including phenoxy) is 9. The van der Waals surface area contributed by atoms with Gasteiger partial charge in [0.25, 0.3) is 0 Å². The van der Waals surface area contributed by atoms with Crippen molar-refractivity contribution in [1.82, 2.24) is 0 Å². The number of aliphatic carboxylic acids is 1. The van der Waals surface area contributed by atoms with Crippen molar-refractivity contribution < 1.29 is 52.5 Å². The van der Waals surface area contributed by atoms with Crippen LogP contribution in [0.3, 0.4) is 0 Å². The van der Waals surface area contributed by atoms with E-state index < -0.39 is 5.97 Å². The Morgan fingerprint density at radius 3 is 0.787 bits per heavy atom. The molecule has 0 atom stereocenters. The van der Waals surface area contributed by atoms with Crippen LogP contribution < -0.4 is 0 Å². The molecule has 282 valence electrons. The second kappa shape index (κ2) is 43.1. The lowest BCUT2D eigenvalue weighted by Crippen LogP contribution is -2.15. The maximum atomic E-state index is 10.3. The molecule has 0 amide bonds. The van der Waals surface area contributed by atoms with Crippen LogP contribution in [0.2, 0.25) is 0 Å². The van der Waals surface area contributed by atoms with Gasteiger partial charge in [0.05, 0.1) is 106 Å². The molecule has 0 aliphatic heterocycles. The Bertz CT molecular complexity index is 583. The molecule has 0 bridgehead atoms. The molecule has 11 nitrogen and oxygen atoms in total. The fourth-order valence-corrected chi connectivity index (χ4v) is 4.67. The number of rotatable bonds is 43. The highest BCUT2D eigenvalue weighted by molar-refractivity contribution is 5.67. The molecule has 0 saturated heterocycles. The summed E-state index contributed by atoms with van der Waals surface area (Å²) in [5.74, 6) is -0.989. The van der Waals surface area contributed by atoms with Crippen LogP contribution in [0.15, 0.2) is 0 Å². The molecular weight excluding hydrogens is 608 g/mol. The van der Waals surface area contributed by atoms with E-state index in [1.165, 1.54) is 96.3 Å². The van der Waals surface area contributed by atoms with Crippen LogP contribution in [0.5, 0.6) is 0 Å². The highest BCUT2D eigenvalue weighted by Gasteiger charge is 1.98. The van der Waals surface area contributed by atoms with E-state index in [0.717, 1.165) is 13.0 Å². The van der Waals surface area contributed by atoms with Crippen LogP contribution in [0, 0.1) is 0 Å². The van der Waals surface area contributed by atoms with Crippen molar-refractivity contribution in [1.29, 1.82) is 0 Å². The summed E-state index contributed by atoms with van der Waals surface area (Å²) in [6.45, 7) is 10.7. The number of unbranched alkanes of at least 4 members (excludes halogenated alkanes) is 15. The maximum Gasteiger partial charge on any atom is 0.329 e. The molecule has 11 heteroatoms. The normalized spacial score (nSPS) is 11.5. The smallest absolute Gasteiger partial charge is 0.329 e. The summed E-state index contributed by atoms with van der Waals surface area (Å²) in [4.78, 5) is 10.3. The van der Waals surface area contributed by atoms with Crippen LogP contribution >= 0.6 is 0 Å². The summed E-state index contributed by atoms with van der Waals surface area (Å²) in [6.07, 6.45) is 22.1. The minimum absolute atomic E-state index is 0.250. The first-order valence-electron chi connectivity index (χ1n) is 18.7. The molecule has 0 aliphatic rings. The maximum absolute atomic E-state index is 10.3. The summed E-state index contributed by atoms with van der Waals surface area (Å²) in [5.41, 5.74) is 0. The Morgan fingerprint density at radius 1 is 0.319 bits per heavy atom. The molecule has 0 saturated carbocycles. The zero-order valence-electron chi connectivity index (χ0n) is 30.1. The Morgan fingerprint density at radius 2 is 0.532 bits per heavy atom. The molecule has 0 radical (unpaired) electrons. The molecule has 47 heavy (non-hydrogen) atoms. The fraction of sp³-hybridized carbons (Fsp3) is 0.972. The molecule has 1 N–H and O–H groups in total. The Hall–Kier alpha value is -0.890. The van der Waals surface area contributed by atoms with E-state index in [1.807, 2.05) is 0 Å². The highest BCUT2D eigenvalue weighted by atomic mass is 16.6. The number of carboxylic acids is 1. The van der Waals surface area contributed by atoms with Crippen molar-refractivity contribution in [3.8, 4) is 0 Å². The lowest BCUT2D eigenvalue weighted by molar-refractivity contribution is -0.142. The van der Waals surface area contributed by atoms with Gasteiger partial charge >= 0.3 is 5.97 Å². The number of carboxylic acid groups (broad SMARTS) is 1. The molecule has 0 aromatic carbocycles. The molecule has 0 aliphatic carbocycles. The summed E-state index contributed by atoms with van der Waals surface area (Å²) < 4.78 is 48.6. The van der Waals surface area contributed by atoms with Crippen molar-refractivity contribution in [2.24, 2.45) is 0 Å². The van der Waals surface area contributed by atoms with Gasteiger partial charge in [0.15, 0.2) is 0 Å². The number of hydrogen-bond donors (Lipinski definition) is 1. The van der Waals surface area contributed by atoms with Crippen molar-refractivity contribution in [3.63, 3.8) is 0 Å². The van der Waals surface area contributed by atoms with E-state index in [0.29, 0.717) is 99.1 Å². The predicted octanol–water partition coefficient (Wildman–Crippen LogP) is 6.48. The number of carbonyl (C=O) groups is 1. The molecule has 0 spiro atoms. The highest BCUT2D eigenvalue weighted by Crippen LogP contribution is 2.13. The van der Waals surface area contributed by atoms with Gasteiger partial charge in [-0.2, -0.15) is 0 Å². The van der Waals surface area contributed by atoms with Gasteiger partial charge in [-0.3, -0.25) is 0 Å². The van der Waals surface area contributed by atoms with Gasteiger partial charge in [0.1, 0.15) is 6.61 Å². The topological polar surface area (TPSA) is 120 Å². The van der Waals surface area contributed by atoms with Crippen LogP contribution in [-0.4, -0.2) is 130 Å². The van der Waals surface area contributed by atoms with Crippen LogP contribution in [0.4, 0.5) is 0 Å². The zero-order valence-corrected chi connectivity index (χ0v) is 30.1. The first-order valence-corrected chi connectivity index (χ1v) is 18.7. The van der Waals surface area contributed by atoms with E-state index in [-0.39, 0.29) is 13.2 Å². The Kier molecular flexibility index (Phi) is 42.3. The third-order valence-electron chi connectivity index (χ3n) is 7.34. The Balaban J connectivity index is 3.04. The van der Waals surface area contributed by atoms with Gasteiger partial charge in [-0.05, 0) is 6.42 Å². The van der Waals surface area contributed by atoms with E-state index >= 15 is 0 Å². The van der Waals surface area contributed by atoms with Crippen molar-refractivity contribution >= 4 is 5.97 Å². The molecular formula is C36H72O11. The minimum atomic E-state index is -0.989. The summed E-state index contributed by atoms with van der Waals surface area (Å²) in [6, 6.07) is 0. The van der Waals surface area contributed by atoms with Gasteiger partial charge < -0.3 is 47.7 Å². The zero-order chi connectivity index (χ0) is 34.0. The standard InChI is InChI=1S/C36H72O11/c1-2-3-4-5-6-7-8-9-10-11-12-13-14-15-16-17-18-39-19-20-40-21-22-41-23-24-42-25-26-43-27-28-44-29-30-45-31-32-46-33-34-47-35-36(37)38/h2-35H2,1H3,(H,37,38). The second-order valence-corrected chi connectivity index (χ2v) is 11.6. The van der Waals surface area contributed by atoms with Crippen molar-refractivity contribution in [3.05, 3.63) is 0 Å². The van der Waals surface area contributed by atoms with Crippen LogP contribution in [0.25, 0.3) is 0 Å².